The maximum atomic E-state index is 12.4. The maximum Gasteiger partial charge on any atom is 0.270 e. The molecule has 0 radical (unpaired) electrons. The summed E-state index contributed by atoms with van der Waals surface area (Å²) < 4.78 is 0. The molecule has 0 aliphatic carbocycles. The second-order valence-electron chi connectivity index (χ2n) is 6.09. The van der Waals surface area contributed by atoms with Gasteiger partial charge in [0.2, 0.25) is 5.91 Å². The Labute approximate surface area is 152 Å². The van der Waals surface area contributed by atoms with E-state index in [0.717, 1.165) is 12.2 Å². The molecule has 1 rings (SSSR count). The van der Waals surface area contributed by atoms with E-state index in [2.05, 4.69) is 24.5 Å². The van der Waals surface area contributed by atoms with Crippen LogP contribution in [-0.2, 0) is 4.79 Å². The van der Waals surface area contributed by atoms with Crippen molar-refractivity contribution in [3.05, 3.63) is 39.9 Å². The van der Waals surface area contributed by atoms with E-state index in [9.17, 15) is 19.7 Å². The first-order valence-corrected chi connectivity index (χ1v) is 9.56. The van der Waals surface area contributed by atoms with Crippen LogP contribution in [0.15, 0.2) is 24.3 Å². The number of nitrogens with zero attached hydrogens (tertiary/aromatic N) is 1. The lowest BCUT2D eigenvalue weighted by Gasteiger charge is -2.18. The third kappa shape index (κ3) is 7.55. The monoisotopic (exact) mass is 367 g/mol. The Morgan fingerprint density at radius 1 is 1.28 bits per heavy atom. The number of carbonyl (C=O) groups is 2. The number of rotatable bonds is 10. The number of nitro groups is 1. The summed E-state index contributed by atoms with van der Waals surface area (Å²) in [5.74, 6) is 0.476. The van der Waals surface area contributed by atoms with Gasteiger partial charge in [0.05, 0.1) is 4.92 Å². The second-order valence-corrected chi connectivity index (χ2v) is 7.07. The number of non-ortho nitro benzene ring substituents is 1. The summed E-state index contributed by atoms with van der Waals surface area (Å²) in [6, 6.07) is 4.81. The first kappa shape index (κ1) is 21.0. The van der Waals surface area contributed by atoms with Crippen LogP contribution in [-0.4, -0.2) is 41.3 Å². The van der Waals surface area contributed by atoms with Crippen LogP contribution < -0.4 is 10.6 Å². The Kier molecular flexibility index (Phi) is 8.98. The number of nitrogens with one attached hydrogen (secondary N) is 2. The first-order valence-electron chi connectivity index (χ1n) is 8.17. The fourth-order valence-electron chi connectivity index (χ4n) is 2.11. The van der Waals surface area contributed by atoms with Crippen LogP contribution >= 0.6 is 11.8 Å². The van der Waals surface area contributed by atoms with Gasteiger partial charge in [0.25, 0.3) is 11.6 Å². The summed E-state index contributed by atoms with van der Waals surface area (Å²) in [6.07, 6.45) is 3.28. The Hall–Kier alpha value is -2.09. The largest absolute Gasteiger partial charge is 0.354 e. The summed E-state index contributed by atoms with van der Waals surface area (Å²) >= 11 is 1.58. The highest BCUT2D eigenvalue weighted by atomic mass is 32.2. The van der Waals surface area contributed by atoms with Gasteiger partial charge in [-0.2, -0.15) is 11.8 Å². The van der Waals surface area contributed by atoms with Crippen molar-refractivity contribution in [1.29, 1.82) is 0 Å². The molecule has 25 heavy (non-hydrogen) atoms. The molecule has 1 aromatic carbocycles. The molecule has 1 aromatic rings. The van der Waals surface area contributed by atoms with Gasteiger partial charge >= 0.3 is 0 Å². The van der Waals surface area contributed by atoms with Crippen molar-refractivity contribution >= 4 is 29.3 Å². The molecule has 0 aliphatic heterocycles. The van der Waals surface area contributed by atoms with Crippen LogP contribution in [0.2, 0.25) is 0 Å². The minimum absolute atomic E-state index is 0.158. The molecule has 2 N–H and O–H groups in total. The minimum Gasteiger partial charge on any atom is -0.354 e. The summed E-state index contributed by atoms with van der Waals surface area (Å²) in [5.41, 5.74) is 0.00744. The van der Waals surface area contributed by atoms with E-state index in [0.29, 0.717) is 18.9 Å². The predicted molar refractivity (Wildman–Crippen MR) is 99.8 cm³/mol. The Bertz CT molecular complexity index is 607. The third-order valence-corrected chi connectivity index (χ3v) is 4.22. The summed E-state index contributed by atoms with van der Waals surface area (Å²) in [7, 11) is 0. The molecule has 0 fully saturated rings. The van der Waals surface area contributed by atoms with Crippen LogP contribution in [0.5, 0.6) is 0 Å². The highest BCUT2D eigenvalue weighted by molar-refractivity contribution is 7.98. The SMILES string of the molecule is CSCCC(NC(=O)c1cccc([N+](=O)[O-])c1)C(=O)NCCC(C)C. The van der Waals surface area contributed by atoms with Crippen LogP contribution in [0.3, 0.4) is 0 Å². The highest BCUT2D eigenvalue weighted by Crippen LogP contribution is 2.13. The number of amides is 2. The topological polar surface area (TPSA) is 101 Å². The van der Waals surface area contributed by atoms with Crippen LogP contribution in [0.1, 0.15) is 37.0 Å². The predicted octanol–water partition coefficient (Wildman–Crippen LogP) is 2.61. The average molecular weight is 367 g/mol. The lowest BCUT2D eigenvalue weighted by Crippen LogP contribution is -2.47. The number of benzene rings is 1. The van der Waals surface area contributed by atoms with Crippen molar-refractivity contribution in [3.63, 3.8) is 0 Å². The molecule has 0 aliphatic rings. The zero-order chi connectivity index (χ0) is 18.8. The van der Waals surface area contributed by atoms with E-state index < -0.39 is 16.9 Å². The standard InChI is InChI=1S/C17H25N3O4S/c1-12(2)7-9-18-17(22)15(8-10-25-3)19-16(21)13-5-4-6-14(11-13)20(23)24/h4-6,11-12,15H,7-10H2,1-3H3,(H,18,22)(H,19,21). The molecule has 8 heteroatoms. The van der Waals surface area contributed by atoms with Gasteiger partial charge in [-0.05, 0) is 36.8 Å². The molecule has 138 valence electrons. The van der Waals surface area contributed by atoms with Crippen molar-refractivity contribution in [1.82, 2.24) is 10.6 Å². The van der Waals surface area contributed by atoms with Gasteiger partial charge in [-0.15, -0.1) is 0 Å². The van der Waals surface area contributed by atoms with E-state index in [4.69, 9.17) is 0 Å². The molecule has 2 amide bonds. The zero-order valence-corrected chi connectivity index (χ0v) is 15.6. The molecule has 0 heterocycles. The van der Waals surface area contributed by atoms with Crippen molar-refractivity contribution < 1.29 is 14.5 Å². The van der Waals surface area contributed by atoms with E-state index in [-0.39, 0.29) is 17.2 Å². The van der Waals surface area contributed by atoms with Crippen LogP contribution in [0, 0.1) is 16.0 Å². The lowest BCUT2D eigenvalue weighted by molar-refractivity contribution is -0.384. The van der Waals surface area contributed by atoms with Crippen LogP contribution in [0.4, 0.5) is 5.69 Å². The van der Waals surface area contributed by atoms with E-state index in [1.54, 1.807) is 11.8 Å². The third-order valence-electron chi connectivity index (χ3n) is 3.57. The van der Waals surface area contributed by atoms with Gasteiger partial charge < -0.3 is 10.6 Å². The molecule has 0 spiro atoms. The molecule has 1 unspecified atom stereocenters. The molecular weight excluding hydrogens is 342 g/mol. The van der Waals surface area contributed by atoms with Crippen LogP contribution in [0.25, 0.3) is 0 Å². The number of thioether (sulfide) groups is 1. The second kappa shape index (κ2) is 10.7. The molecular formula is C17H25N3O4S. The number of hydrogen-bond donors (Lipinski definition) is 2. The molecule has 0 saturated heterocycles. The maximum absolute atomic E-state index is 12.4. The Morgan fingerprint density at radius 2 is 2.00 bits per heavy atom. The summed E-state index contributed by atoms with van der Waals surface area (Å²) in [6.45, 7) is 4.70. The summed E-state index contributed by atoms with van der Waals surface area (Å²) in [5, 5.41) is 16.4. The number of nitro benzene ring substituents is 1. The van der Waals surface area contributed by atoms with Gasteiger partial charge in [-0.3, -0.25) is 19.7 Å². The van der Waals surface area contributed by atoms with E-state index >= 15 is 0 Å². The fraction of sp³-hybridized carbons (Fsp3) is 0.529. The molecule has 0 saturated carbocycles. The highest BCUT2D eigenvalue weighted by Gasteiger charge is 2.21. The van der Waals surface area contributed by atoms with Crippen molar-refractivity contribution in [2.75, 3.05) is 18.6 Å². The van der Waals surface area contributed by atoms with Gasteiger partial charge in [0.1, 0.15) is 6.04 Å². The Morgan fingerprint density at radius 3 is 2.60 bits per heavy atom. The number of carbonyl (C=O) groups excluding carboxylic acids is 2. The Balaban J connectivity index is 2.75. The van der Waals surface area contributed by atoms with E-state index in [1.165, 1.54) is 24.3 Å². The number of hydrogen-bond acceptors (Lipinski definition) is 5. The summed E-state index contributed by atoms with van der Waals surface area (Å²) in [4.78, 5) is 35.0. The normalized spacial score (nSPS) is 11.8. The van der Waals surface area contributed by atoms with Gasteiger partial charge in [-0.1, -0.05) is 19.9 Å². The quantitative estimate of drug-likeness (QED) is 0.489. The molecule has 7 nitrogen and oxygen atoms in total. The smallest absolute Gasteiger partial charge is 0.270 e. The van der Waals surface area contributed by atoms with Crippen molar-refractivity contribution in [3.8, 4) is 0 Å². The van der Waals surface area contributed by atoms with E-state index in [1.807, 2.05) is 6.26 Å². The van der Waals surface area contributed by atoms with Gasteiger partial charge in [0.15, 0.2) is 0 Å². The fourth-order valence-corrected chi connectivity index (χ4v) is 2.59. The molecule has 0 bridgehead atoms. The minimum atomic E-state index is -0.661. The first-order chi connectivity index (χ1) is 11.8. The van der Waals surface area contributed by atoms with Crippen molar-refractivity contribution in [2.45, 2.75) is 32.7 Å². The molecule has 0 aromatic heterocycles. The van der Waals surface area contributed by atoms with Crippen molar-refractivity contribution in [2.24, 2.45) is 5.92 Å². The average Bonchev–Trinajstić information content (AvgIpc) is 2.57. The lowest BCUT2D eigenvalue weighted by atomic mass is 10.1. The van der Waals surface area contributed by atoms with Gasteiger partial charge in [-0.25, -0.2) is 0 Å². The zero-order valence-electron chi connectivity index (χ0n) is 14.8. The molecule has 1 atom stereocenters. The van der Waals surface area contributed by atoms with Gasteiger partial charge in [0, 0.05) is 24.2 Å².